The number of H-pyrrole nitrogens is 2. The minimum Gasteiger partial charge on any atom is -0.488 e. The molecule has 0 aliphatic carbocycles. The van der Waals surface area contributed by atoms with Gasteiger partial charge in [0.2, 0.25) is 0 Å². The number of rotatable bonds is 25. The number of hydrogen-bond acceptors (Lipinski definition) is 14. The number of aliphatic hydroxyl groups excluding tert-OH is 2. The summed E-state index contributed by atoms with van der Waals surface area (Å²) in [5.41, 5.74) is 11.2. The number of ether oxygens (including phenoxy) is 4. The van der Waals surface area contributed by atoms with Gasteiger partial charge in [-0.2, -0.15) is 30.8 Å². The molecule has 0 saturated heterocycles. The summed E-state index contributed by atoms with van der Waals surface area (Å²) in [5.74, 6) is -0.642. The third-order valence-electron chi connectivity index (χ3n) is 12.3. The molecule has 0 amide bonds. The van der Waals surface area contributed by atoms with Gasteiger partial charge in [-0.15, -0.1) is 0 Å². The lowest BCUT2D eigenvalue weighted by Crippen LogP contribution is -2.37. The van der Waals surface area contributed by atoms with E-state index in [1.54, 1.807) is 24.3 Å². The maximum Gasteiger partial charge on any atom is 0.320 e. The zero-order chi connectivity index (χ0) is 50.7. The number of carbonyl (C=O) groups is 2. The van der Waals surface area contributed by atoms with Crippen LogP contribution in [0.1, 0.15) is 57.3 Å². The van der Waals surface area contributed by atoms with Gasteiger partial charge in [0.25, 0.3) is 0 Å². The first-order chi connectivity index (χ1) is 34.9. The van der Waals surface area contributed by atoms with Crippen LogP contribution >= 0.6 is 23.2 Å². The van der Waals surface area contributed by atoms with E-state index in [9.17, 15) is 30.0 Å². The van der Waals surface area contributed by atoms with E-state index in [1.807, 2.05) is 86.6 Å². The summed E-state index contributed by atoms with van der Waals surface area (Å²) in [5, 5.41) is 67.0. The van der Waals surface area contributed by atoms with Crippen molar-refractivity contribution in [3.63, 3.8) is 0 Å². The number of carboxylic acid groups (broad SMARTS) is 2. The number of nitrogens with zero attached hydrogens (tertiary/aromatic N) is 4. The number of benzene rings is 6. The van der Waals surface area contributed by atoms with Crippen LogP contribution in [0.15, 0.2) is 97.1 Å². The molecule has 0 radical (unpaired) electrons. The van der Waals surface area contributed by atoms with Gasteiger partial charge in [-0.05, 0) is 84.3 Å². The smallest absolute Gasteiger partial charge is 0.320 e. The van der Waals surface area contributed by atoms with E-state index in [0.29, 0.717) is 66.2 Å². The highest BCUT2D eigenvalue weighted by molar-refractivity contribution is 6.32. The molecule has 2 atom stereocenters. The molecule has 18 nitrogen and oxygen atoms in total. The Hall–Kier alpha value is -7.32. The minimum atomic E-state index is -1.09. The van der Waals surface area contributed by atoms with Crippen LogP contribution in [0.2, 0.25) is 10.0 Å². The fraction of sp³-hybridized carbons (Fsp3) is 0.269. The molecule has 0 bridgehead atoms. The first-order valence-electron chi connectivity index (χ1n) is 23.0. The molecule has 72 heavy (non-hydrogen) atoms. The summed E-state index contributed by atoms with van der Waals surface area (Å²) >= 11 is 13.7. The number of aliphatic carboxylic acids is 2. The average molecular weight is 1020 g/mol. The van der Waals surface area contributed by atoms with Crippen LogP contribution in [-0.2, 0) is 49.1 Å². The second-order valence-corrected chi connectivity index (χ2v) is 17.7. The molecule has 2 unspecified atom stereocenters. The van der Waals surface area contributed by atoms with Crippen molar-refractivity contribution in [2.75, 3.05) is 13.2 Å². The molecule has 2 aromatic heterocycles. The molecule has 6 aromatic carbocycles. The Morgan fingerprint density at radius 3 is 1.31 bits per heavy atom. The zero-order valence-electron chi connectivity index (χ0n) is 39.2. The Balaban J connectivity index is 0.999. The predicted molar refractivity (Wildman–Crippen MR) is 269 cm³/mol. The molecule has 0 spiro atoms. The van der Waals surface area contributed by atoms with Crippen LogP contribution in [0.5, 0.6) is 23.0 Å². The van der Waals surface area contributed by atoms with E-state index >= 15 is 0 Å². The first kappa shape index (κ1) is 51.0. The lowest BCUT2D eigenvalue weighted by Gasteiger charge is -2.20. The summed E-state index contributed by atoms with van der Waals surface area (Å²) in [6, 6.07) is 27.9. The SMILES string of the molecule is Cc1c(COc2cc(OCc3cccc4n[nH]nc34)c(CNC(CCO)C(=O)O)cc2Cl)cccc1-c1cccc(COc2cc(OCc3cccc4n[nH]nc34)c(CNC(CCO)C(=O)O)cc2Cl)c1C. The zero-order valence-corrected chi connectivity index (χ0v) is 40.8. The molecule has 8 aromatic rings. The van der Waals surface area contributed by atoms with Crippen molar-refractivity contribution in [2.24, 2.45) is 0 Å². The van der Waals surface area contributed by atoms with Crippen molar-refractivity contribution in [1.29, 1.82) is 0 Å². The van der Waals surface area contributed by atoms with E-state index in [2.05, 4.69) is 41.5 Å². The van der Waals surface area contributed by atoms with Crippen molar-refractivity contribution in [3.8, 4) is 34.1 Å². The highest BCUT2D eigenvalue weighted by atomic mass is 35.5. The van der Waals surface area contributed by atoms with Gasteiger partial charge in [-0.25, -0.2) is 0 Å². The van der Waals surface area contributed by atoms with E-state index in [0.717, 1.165) is 44.5 Å². The van der Waals surface area contributed by atoms with Crippen LogP contribution in [-0.4, -0.2) is 88.5 Å². The van der Waals surface area contributed by atoms with Crippen LogP contribution in [0, 0.1) is 13.8 Å². The fourth-order valence-electron chi connectivity index (χ4n) is 8.24. The lowest BCUT2D eigenvalue weighted by atomic mass is 9.92. The number of fused-ring (bicyclic) bond motifs is 2. The Kier molecular flexibility index (Phi) is 16.8. The van der Waals surface area contributed by atoms with E-state index in [-0.39, 0.29) is 65.6 Å². The Bertz CT molecular complexity index is 2990. The van der Waals surface area contributed by atoms with Gasteiger partial charge >= 0.3 is 11.9 Å². The molecular weight excluding hydrogens is 968 g/mol. The lowest BCUT2D eigenvalue weighted by molar-refractivity contribution is -0.140. The van der Waals surface area contributed by atoms with Gasteiger partial charge < -0.3 is 50.0 Å². The van der Waals surface area contributed by atoms with Crippen LogP contribution in [0.3, 0.4) is 0 Å². The molecular formula is C52H52Cl2N8O10. The van der Waals surface area contributed by atoms with Crippen molar-refractivity contribution >= 4 is 57.2 Å². The molecule has 2 heterocycles. The van der Waals surface area contributed by atoms with E-state index in [4.69, 9.17) is 42.1 Å². The maximum atomic E-state index is 11.9. The number of hydrogen-bond donors (Lipinski definition) is 8. The van der Waals surface area contributed by atoms with Crippen LogP contribution < -0.4 is 29.6 Å². The largest absolute Gasteiger partial charge is 0.488 e. The van der Waals surface area contributed by atoms with E-state index in [1.165, 1.54) is 0 Å². The average Bonchev–Trinajstić information content (AvgIpc) is 4.07. The molecule has 0 fully saturated rings. The Morgan fingerprint density at radius 2 is 0.903 bits per heavy atom. The molecule has 374 valence electrons. The summed E-state index contributed by atoms with van der Waals surface area (Å²) in [4.78, 5) is 23.7. The quantitative estimate of drug-likeness (QED) is 0.0270. The van der Waals surface area contributed by atoms with E-state index < -0.39 is 24.0 Å². The standard InChI is InChI=1S/C52H52Cl2N8O10/c1-29-31(25-71-47-21-45(69-27-33-9-5-13-41-49(33)59-61-57-41)35(19-39(47)53)23-55-43(15-17-63)51(65)66)7-3-11-37(29)38-12-4-8-32(30(38)2)26-72-48-22-46(70-28-34-10-6-14-42-50(34)60-62-58-42)36(20-40(48)54)24-56-44(16-18-64)52(67)68/h3-14,19-22,43-44,55-56,63-64H,15-18,23-28H2,1-2H3,(H,65,66)(H,67,68)(H,57,59,61)(H,58,60,62). The number of nitrogens with one attached hydrogen (secondary N) is 4. The summed E-state index contributed by atoms with van der Waals surface area (Å²) in [7, 11) is 0. The number of aliphatic hydroxyl groups is 2. The molecule has 0 aliphatic rings. The van der Waals surface area contributed by atoms with Crippen molar-refractivity contribution < 1.29 is 49.0 Å². The van der Waals surface area contributed by atoms with Gasteiger partial charge in [-0.3, -0.25) is 9.59 Å². The number of para-hydroxylation sites is 2. The normalized spacial score (nSPS) is 12.2. The second kappa shape index (κ2) is 23.7. The highest BCUT2D eigenvalue weighted by Gasteiger charge is 2.22. The molecule has 0 aliphatic heterocycles. The highest BCUT2D eigenvalue weighted by Crippen LogP contribution is 2.38. The van der Waals surface area contributed by atoms with Crippen molar-refractivity contribution in [2.45, 2.75) is 78.3 Å². The topological polar surface area (TPSA) is 259 Å². The molecule has 0 saturated carbocycles. The third-order valence-corrected chi connectivity index (χ3v) is 12.9. The van der Waals surface area contributed by atoms with Gasteiger partial charge in [0, 0.05) is 60.7 Å². The Morgan fingerprint density at radius 1 is 0.528 bits per heavy atom. The number of aromatic nitrogens is 6. The van der Waals surface area contributed by atoms with Crippen molar-refractivity contribution in [3.05, 3.63) is 152 Å². The van der Waals surface area contributed by atoms with Gasteiger partial charge in [-0.1, -0.05) is 83.9 Å². The minimum absolute atomic E-state index is 0.0162. The van der Waals surface area contributed by atoms with Gasteiger partial charge in [0.1, 0.15) is 83.6 Å². The summed E-state index contributed by atoms with van der Waals surface area (Å²) < 4.78 is 25.5. The molecule has 8 N–H and O–H groups in total. The number of carboxylic acids is 2. The molecule has 8 rings (SSSR count). The predicted octanol–water partition coefficient (Wildman–Crippen LogP) is 7.99. The summed E-state index contributed by atoms with van der Waals surface area (Å²) in [6.45, 7) is 4.20. The van der Waals surface area contributed by atoms with Gasteiger partial charge in [0.15, 0.2) is 0 Å². The third kappa shape index (κ3) is 12.0. The number of halogens is 2. The number of aromatic amines is 2. The first-order valence-corrected chi connectivity index (χ1v) is 23.7. The van der Waals surface area contributed by atoms with Crippen LogP contribution in [0.4, 0.5) is 0 Å². The van der Waals surface area contributed by atoms with Crippen LogP contribution in [0.25, 0.3) is 33.2 Å². The van der Waals surface area contributed by atoms with Gasteiger partial charge in [0.05, 0.1) is 10.0 Å². The Labute approximate surface area is 423 Å². The summed E-state index contributed by atoms with van der Waals surface area (Å²) in [6.07, 6.45) is 0.0325. The second-order valence-electron chi connectivity index (χ2n) is 16.9. The van der Waals surface area contributed by atoms with Crippen molar-refractivity contribution in [1.82, 2.24) is 41.5 Å². The monoisotopic (exact) mass is 1020 g/mol. The molecule has 20 heteroatoms. The maximum absolute atomic E-state index is 11.9. The fourth-order valence-corrected chi connectivity index (χ4v) is 8.72.